The van der Waals surface area contributed by atoms with Gasteiger partial charge in [-0.1, -0.05) is 68.3 Å². The molecule has 0 spiro atoms. The number of carbonyl (C=O) groups excluding carboxylic acids is 4. The summed E-state index contributed by atoms with van der Waals surface area (Å²) in [5.74, 6) is 1.12. The Morgan fingerprint density at radius 3 is 1.96 bits per heavy atom. The molecule has 0 aromatic heterocycles. The second-order valence-electron chi connectivity index (χ2n) is 14.4. The average molecular weight is 680 g/mol. The van der Waals surface area contributed by atoms with Crippen molar-refractivity contribution < 1.29 is 28.7 Å². The van der Waals surface area contributed by atoms with Crippen LogP contribution in [0.4, 0.5) is 4.79 Å². The lowest BCUT2D eigenvalue weighted by atomic mass is 9.94. The van der Waals surface area contributed by atoms with E-state index in [1.807, 2.05) is 37.3 Å². The number of ether oxygens (including phenoxy) is 2. The Morgan fingerprint density at radius 1 is 0.833 bits per heavy atom. The van der Waals surface area contributed by atoms with Gasteiger partial charge in [0.05, 0.1) is 0 Å². The number of alkyl carbamates (subject to hydrolysis) is 1. The van der Waals surface area contributed by atoms with E-state index in [0.29, 0.717) is 23.5 Å². The molecule has 0 aliphatic heterocycles. The second-order valence-corrected chi connectivity index (χ2v) is 14.7. The molecule has 3 amide bonds. The van der Waals surface area contributed by atoms with Crippen molar-refractivity contribution in [1.29, 1.82) is 0 Å². The van der Waals surface area contributed by atoms with Crippen molar-refractivity contribution in [3.63, 3.8) is 0 Å². The smallest absolute Gasteiger partial charge is 0.408 e. The van der Waals surface area contributed by atoms with E-state index in [4.69, 9.17) is 15.9 Å². The Kier molecular flexibility index (Phi) is 15.1. The van der Waals surface area contributed by atoms with Gasteiger partial charge in [-0.2, -0.15) is 12.6 Å². The third-order valence-electron chi connectivity index (χ3n) is 7.29. The lowest BCUT2D eigenvalue weighted by molar-refractivity contribution is -0.159. The van der Waals surface area contributed by atoms with Crippen molar-refractivity contribution >= 4 is 36.5 Å². The predicted octanol–water partition coefficient (Wildman–Crippen LogP) is 6.25. The van der Waals surface area contributed by atoms with Crippen molar-refractivity contribution in [2.75, 3.05) is 5.75 Å². The van der Waals surface area contributed by atoms with E-state index in [1.54, 1.807) is 65.8 Å². The minimum absolute atomic E-state index is 0.0643. The summed E-state index contributed by atoms with van der Waals surface area (Å²) in [6.07, 6.45) is 6.60. The number of nitrogens with one attached hydrogen (secondary N) is 2. The Labute approximate surface area is 292 Å². The fourth-order valence-corrected chi connectivity index (χ4v) is 5.33. The van der Waals surface area contributed by atoms with Gasteiger partial charge in [0.2, 0.25) is 11.8 Å². The van der Waals surface area contributed by atoms with Crippen molar-refractivity contribution in [2.24, 2.45) is 5.92 Å². The quantitative estimate of drug-likeness (QED) is 0.124. The molecule has 2 aromatic carbocycles. The first kappa shape index (κ1) is 40.2. The molecule has 2 N–H and O–H groups in total. The predicted molar refractivity (Wildman–Crippen MR) is 192 cm³/mol. The van der Waals surface area contributed by atoms with Crippen LogP contribution in [0.2, 0.25) is 0 Å². The Balaban J connectivity index is 2.71. The average Bonchev–Trinajstić information content (AvgIpc) is 2.99. The van der Waals surface area contributed by atoms with E-state index in [0.717, 1.165) is 12.0 Å². The molecule has 0 saturated heterocycles. The van der Waals surface area contributed by atoms with E-state index >= 15 is 0 Å². The molecule has 9 nitrogen and oxygen atoms in total. The van der Waals surface area contributed by atoms with Crippen LogP contribution in [0.1, 0.15) is 97.9 Å². The van der Waals surface area contributed by atoms with Gasteiger partial charge in [0, 0.05) is 23.8 Å². The summed E-state index contributed by atoms with van der Waals surface area (Å²) < 4.78 is 11.2. The van der Waals surface area contributed by atoms with Crippen LogP contribution in [0, 0.1) is 18.3 Å². The van der Waals surface area contributed by atoms with Gasteiger partial charge in [0.15, 0.2) is 0 Å². The standard InChI is InChI=1S/C38H53N3O6S/c1-11-28-19-15-16-20-29(28)32(33(42)39-30(35(44)46-37(5,6)7)23-27-17-13-12-14-18-27)41(26(4)22-21-25(2)3)34(43)31(24-48)40-36(45)47-38(8,9)10/h1,12-20,25-26,30-32,48H,21-24H2,2-10H3,(H,39,42)(H,40,45). The number of esters is 1. The highest BCUT2D eigenvalue weighted by Gasteiger charge is 2.41. The summed E-state index contributed by atoms with van der Waals surface area (Å²) in [6.45, 7) is 16.4. The summed E-state index contributed by atoms with van der Waals surface area (Å²) in [5, 5.41) is 5.55. The first-order valence-electron chi connectivity index (χ1n) is 16.4. The molecule has 4 atom stereocenters. The zero-order valence-electron chi connectivity index (χ0n) is 29.8. The van der Waals surface area contributed by atoms with Gasteiger partial charge in [0.25, 0.3) is 0 Å². The monoisotopic (exact) mass is 679 g/mol. The van der Waals surface area contributed by atoms with Crippen molar-refractivity contribution in [3.8, 4) is 12.3 Å². The van der Waals surface area contributed by atoms with Crippen LogP contribution in [0.5, 0.6) is 0 Å². The number of thiol groups is 1. The van der Waals surface area contributed by atoms with Crippen LogP contribution in [-0.2, 0) is 30.3 Å². The van der Waals surface area contributed by atoms with Gasteiger partial charge >= 0.3 is 12.1 Å². The number of nitrogens with zero attached hydrogens (tertiary/aromatic N) is 1. The Bertz CT molecular complexity index is 1420. The number of terminal acetylenes is 1. The van der Waals surface area contributed by atoms with E-state index in [9.17, 15) is 19.2 Å². The number of rotatable bonds is 14. The van der Waals surface area contributed by atoms with Gasteiger partial charge in [0.1, 0.15) is 29.3 Å². The maximum Gasteiger partial charge on any atom is 0.408 e. The summed E-state index contributed by atoms with van der Waals surface area (Å²) in [7, 11) is 0. The van der Waals surface area contributed by atoms with E-state index in [2.05, 4.69) is 43.0 Å². The largest absolute Gasteiger partial charge is 0.458 e. The third kappa shape index (κ3) is 12.9. The molecule has 48 heavy (non-hydrogen) atoms. The Hall–Kier alpha value is -3.97. The SMILES string of the molecule is C#Cc1ccccc1C(C(=O)NC(Cc1ccccc1)C(=O)OC(C)(C)C)N(C(=O)C(CS)NC(=O)OC(C)(C)C)C(C)CCC(C)C. The lowest BCUT2D eigenvalue weighted by Gasteiger charge is -2.39. The highest BCUT2D eigenvalue weighted by Crippen LogP contribution is 2.30. The molecule has 2 aromatic rings. The first-order chi connectivity index (χ1) is 22.4. The molecule has 10 heteroatoms. The van der Waals surface area contributed by atoms with Gasteiger partial charge in [-0.3, -0.25) is 9.59 Å². The minimum atomic E-state index is -1.27. The van der Waals surface area contributed by atoms with Crippen LogP contribution in [0.25, 0.3) is 0 Å². The zero-order valence-corrected chi connectivity index (χ0v) is 30.7. The maximum absolute atomic E-state index is 14.7. The first-order valence-corrected chi connectivity index (χ1v) is 17.0. The molecular formula is C38H53N3O6S. The summed E-state index contributed by atoms with van der Waals surface area (Å²) in [6, 6.07) is 12.2. The van der Waals surface area contributed by atoms with Gasteiger partial charge < -0.3 is 25.0 Å². The number of hydrogen-bond acceptors (Lipinski definition) is 7. The van der Waals surface area contributed by atoms with Gasteiger partial charge in [-0.25, -0.2) is 9.59 Å². The van der Waals surface area contributed by atoms with Crippen molar-refractivity contribution in [3.05, 3.63) is 71.3 Å². The van der Waals surface area contributed by atoms with Crippen LogP contribution >= 0.6 is 12.6 Å². The van der Waals surface area contributed by atoms with E-state index < -0.39 is 59.2 Å². The highest BCUT2D eigenvalue weighted by atomic mass is 32.1. The topological polar surface area (TPSA) is 114 Å². The van der Waals surface area contributed by atoms with Crippen molar-refractivity contribution in [1.82, 2.24) is 15.5 Å². The summed E-state index contributed by atoms with van der Waals surface area (Å²) in [5.41, 5.74) is 0.00426. The summed E-state index contributed by atoms with van der Waals surface area (Å²) >= 11 is 4.40. The molecule has 0 fully saturated rings. The zero-order chi connectivity index (χ0) is 36.2. The van der Waals surface area contributed by atoms with E-state index in [-0.39, 0.29) is 12.2 Å². The molecular weight excluding hydrogens is 626 g/mol. The van der Waals surface area contributed by atoms with Crippen LogP contribution < -0.4 is 10.6 Å². The number of carbonyl (C=O) groups is 4. The Morgan fingerprint density at radius 2 is 1.42 bits per heavy atom. The number of benzene rings is 2. The van der Waals surface area contributed by atoms with Crippen LogP contribution in [0.3, 0.4) is 0 Å². The number of amides is 3. The molecule has 0 aliphatic rings. The molecule has 2 rings (SSSR count). The maximum atomic E-state index is 14.7. The van der Waals surface area contributed by atoms with Crippen LogP contribution in [0.15, 0.2) is 54.6 Å². The molecule has 0 aliphatic carbocycles. The fraction of sp³-hybridized carbons (Fsp3) is 0.526. The van der Waals surface area contributed by atoms with E-state index in [1.165, 1.54) is 4.90 Å². The summed E-state index contributed by atoms with van der Waals surface area (Å²) in [4.78, 5) is 57.1. The highest BCUT2D eigenvalue weighted by molar-refractivity contribution is 7.80. The molecule has 0 heterocycles. The lowest BCUT2D eigenvalue weighted by Crippen LogP contribution is -2.57. The third-order valence-corrected chi connectivity index (χ3v) is 7.66. The second kappa shape index (κ2) is 18.0. The van der Waals surface area contributed by atoms with Gasteiger partial charge in [-0.05, 0) is 84.4 Å². The van der Waals surface area contributed by atoms with Crippen LogP contribution in [-0.4, -0.2) is 63.9 Å². The molecule has 0 saturated carbocycles. The molecule has 0 radical (unpaired) electrons. The van der Waals surface area contributed by atoms with Crippen molar-refractivity contribution in [2.45, 2.75) is 117 Å². The molecule has 4 unspecified atom stereocenters. The number of hydrogen-bond donors (Lipinski definition) is 3. The normalized spacial score (nSPS) is 14.1. The molecule has 262 valence electrons. The fourth-order valence-electron chi connectivity index (χ4n) is 5.08. The minimum Gasteiger partial charge on any atom is -0.458 e. The van der Waals surface area contributed by atoms with Gasteiger partial charge in [-0.15, -0.1) is 6.42 Å². The molecule has 0 bridgehead atoms.